The monoisotopic (exact) mass is 457 g/mol. The number of benzene rings is 1. The highest BCUT2D eigenvalue weighted by molar-refractivity contribution is 6.30. The molecule has 31 heavy (non-hydrogen) atoms. The first kappa shape index (κ1) is 24.5. The van der Waals surface area contributed by atoms with Gasteiger partial charge in [-0.3, -0.25) is 14.6 Å². The molecule has 0 spiro atoms. The number of aromatic nitrogens is 1. The standard InChI is InChI=1S/C21H23ClF3N3O3/c1-12(2)19(29)27-8-6-18-17(5-4-7-26-18)20(30)28-13(3)14-9-15(22)11-16(10-14)31-21(23,24)25/h4-5,7,9-13H,6,8H2,1-3H3,(H,27,29)(H,28,30). The lowest BCUT2D eigenvalue weighted by Crippen LogP contribution is -2.31. The van der Waals surface area contributed by atoms with Crippen LogP contribution in [0.3, 0.4) is 0 Å². The number of rotatable bonds is 8. The molecule has 1 unspecified atom stereocenters. The van der Waals surface area contributed by atoms with Crippen LogP contribution < -0.4 is 15.4 Å². The number of nitrogens with one attached hydrogen (secondary N) is 2. The highest BCUT2D eigenvalue weighted by Crippen LogP contribution is 2.29. The highest BCUT2D eigenvalue weighted by Gasteiger charge is 2.31. The number of ether oxygens (including phenoxy) is 1. The first-order valence-corrected chi connectivity index (χ1v) is 9.92. The second-order valence-electron chi connectivity index (χ2n) is 7.16. The van der Waals surface area contributed by atoms with Crippen molar-refractivity contribution in [3.63, 3.8) is 0 Å². The van der Waals surface area contributed by atoms with Gasteiger partial charge in [-0.15, -0.1) is 13.2 Å². The zero-order valence-corrected chi connectivity index (χ0v) is 18.0. The molecule has 0 aliphatic heterocycles. The minimum absolute atomic E-state index is 0.0424. The third-order valence-electron chi connectivity index (χ3n) is 4.30. The maximum atomic E-state index is 12.8. The summed E-state index contributed by atoms with van der Waals surface area (Å²) in [4.78, 5) is 28.7. The van der Waals surface area contributed by atoms with Crippen LogP contribution in [0.15, 0.2) is 36.5 Å². The molecular formula is C21H23ClF3N3O3. The summed E-state index contributed by atoms with van der Waals surface area (Å²) in [6.07, 6.45) is -2.97. The number of halogens is 4. The molecule has 0 bridgehead atoms. The molecule has 0 fully saturated rings. The normalized spacial score (nSPS) is 12.4. The topological polar surface area (TPSA) is 80.3 Å². The van der Waals surface area contributed by atoms with Crippen molar-refractivity contribution in [2.45, 2.75) is 39.6 Å². The zero-order chi connectivity index (χ0) is 23.2. The molecule has 1 aromatic heterocycles. The number of alkyl halides is 3. The molecule has 1 atom stereocenters. The molecule has 0 saturated heterocycles. The second-order valence-corrected chi connectivity index (χ2v) is 7.59. The van der Waals surface area contributed by atoms with Gasteiger partial charge in [-0.05, 0) is 42.8 Å². The fourth-order valence-electron chi connectivity index (χ4n) is 2.74. The highest BCUT2D eigenvalue weighted by atomic mass is 35.5. The van der Waals surface area contributed by atoms with Crippen LogP contribution in [0, 0.1) is 5.92 Å². The summed E-state index contributed by atoms with van der Waals surface area (Å²) in [5.74, 6) is -1.19. The zero-order valence-electron chi connectivity index (χ0n) is 17.2. The van der Waals surface area contributed by atoms with Gasteiger partial charge < -0.3 is 15.4 Å². The van der Waals surface area contributed by atoms with E-state index in [-0.39, 0.29) is 16.8 Å². The second kappa shape index (κ2) is 10.5. The minimum atomic E-state index is -4.86. The summed E-state index contributed by atoms with van der Waals surface area (Å²) in [6.45, 7) is 5.48. The Kier molecular flexibility index (Phi) is 8.27. The van der Waals surface area contributed by atoms with Crippen molar-refractivity contribution < 1.29 is 27.5 Å². The van der Waals surface area contributed by atoms with Crippen LogP contribution in [0.25, 0.3) is 0 Å². The number of hydrogen-bond acceptors (Lipinski definition) is 4. The summed E-state index contributed by atoms with van der Waals surface area (Å²) in [6, 6.07) is 6.18. The third-order valence-corrected chi connectivity index (χ3v) is 4.51. The summed E-state index contributed by atoms with van der Waals surface area (Å²) in [5, 5.41) is 5.53. The van der Waals surface area contributed by atoms with E-state index in [0.29, 0.717) is 29.8 Å². The molecule has 168 valence electrons. The average molecular weight is 458 g/mol. The molecular weight excluding hydrogens is 435 g/mol. The summed E-state index contributed by atoms with van der Waals surface area (Å²) >= 11 is 5.90. The van der Waals surface area contributed by atoms with Crippen LogP contribution in [-0.4, -0.2) is 29.7 Å². The predicted molar refractivity (Wildman–Crippen MR) is 110 cm³/mol. The number of carbonyl (C=O) groups excluding carboxylic acids is 2. The Morgan fingerprint density at radius 3 is 2.55 bits per heavy atom. The molecule has 0 saturated carbocycles. The molecule has 0 aliphatic rings. The Balaban J connectivity index is 2.11. The van der Waals surface area contributed by atoms with E-state index in [0.717, 1.165) is 12.1 Å². The van der Waals surface area contributed by atoms with Gasteiger partial charge in [0.1, 0.15) is 5.75 Å². The first-order valence-electron chi connectivity index (χ1n) is 9.55. The van der Waals surface area contributed by atoms with Gasteiger partial charge in [0, 0.05) is 30.1 Å². The van der Waals surface area contributed by atoms with Crippen LogP contribution in [0.1, 0.15) is 48.4 Å². The van der Waals surface area contributed by atoms with E-state index in [1.165, 1.54) is 12.3 Å². The Hall–Kier alpha value is -2.81. The molecule has 2 N–H and O–H groups in total. The van der Waals surface area contributed by atoms with Crippen LogP contribution in [-0.2, 0) is 11.2 Å². The quantitative estimate of drug-likeness (QED) is 0.614. The van der Waals surface area contributed by atoms with Crippen LogP contribution in [0.5, 0.6) is 5.75 Å². The largest absolute Gasteiger partial charge is 0.573 e. The van der Waals surface area contributed by atoms with Gasteiger partial charge in [-0.25, -0.2) is 0 Å². The molecule has 6 nitrogen and oxygen atoms in total. The van der Waals surface area contributed by atoms with E-state index in [4.69, 9.17) is 11.6 Å². The molecule has 0 radical (unpaired) electrons. The average Bonchev–Trinajstić information content (AvgIpc) is 2.66. The van der Waals surface area contributed by atoms with Gasteiger partial charge in [0.25, 0.3) is 5.91 Å². The lowest BCUT2D eigenvalue weighted by Gasteiger charge is -2.18. The minimum Gasteiger partial charge on any atom is -0.406 e. The third kappa shape index (κ3) is 7.75. The smallest absolute Gasteiger partial charge is 0.406 e. The molecule has 1 heterocycles. The molecule has 10 heteroatoms. The maximum Gasteiger partial charge on any atom is 0.573 e. The molecule has 2 rings (SSSR count). The number of pyridine rings is 1. The van der Waals surface area contributed by atoms with E-state index < -0.39 is 24.1 Å². The van der Waals surface area contributed by atoms with E-state index in [2.05, 4.69) is 20.4 Å². The fourth-order valence-corrected chi connectivity index (χ4v) is 2.97. The summed E-state index contributed by atoms with van der Waals surface area (Å²) in [5.41, 5.74) is 1.14. The van der Waals surface area contributed by atoms with Crippen molar-refractivity contribution in [1.82, 2.24) is 15.6 Å². The van der Waals surface area contributed by atoms with Gasteiger partial charge in [-0.2, -0.15) is 0 Å². The van der Waals surface area contributed by atoms with Crippen molar-refractivity contribution in [3.05, 3.63) is 58.4 Å². The van der Waals surface area contributed by atoms with Crippen LogP contribution in [0.4, 0.5) is 13.2 Å². The molecule has 1 aromatic carbocycles. The lowest BCUT2D eigenvalue weighted by molar-refractivity contribution is -0.274. The number of hydrogen-bond donors (Lipinski definition) is 2. The molecule has 0 aliphatic carbocycles. The molecule has 2 aromatic rings. The van der Waals surface area contributed by atoms with Crippen molar-refractivity contribution >= 4 is 23.4 Å². The van der Waals surface area contributed by atoms with E-state index in [1.54, 1.807) is 32.9 Å². The lowest BCUT2D eigenvalue weighted by atomic mass is 10.1. The van der Waals surface area contributed by atoms with E-state index in [1.807, 2.05) is 0 Å². The van der Waals surface area contributed by atoms with Crippen molar-refractivity contribution in [2.75, 3.05) is 6.54 Å². The number of nitrogens with zero attached hydrogens (tertiary/aromatic N) is 1. The number of carbonyl (C=O) groups is 2. The van der Waals surface area contributed by atoms with Gasteiger partial charge in [-0.1, -0.05) is 25.4 Å². The Labute approximate surface area is 183 Å². The fraction of sp³-hybridized carbons (Fsp3) is 0.381. The molecule has 2 amide bonds. The maximum absolute atomic E-state index is 12.8. The summed E-state index contributed by atoms with van der Waals surface area (Å²) < 4.78 is 41.4. The van der Waals surface area contributed by atoms with Crippen molar-refractivity contribution in [2.24, 2.45) is 5.92 Å². The first-order chi connectivity index (χ1) is 14.5. The van der Waals surface area contributed by atoms with E-state index in [9.17, 15) is 22.8 Å². The van der Waals surface area contributed by atoms with Gasteiger partial charge in [0.15, 0.2) is 0 Å². The van der Waals surface area contributed by atoms with Crippen LogP contribution in [0.2, 0.25) is 5.02 Å². The van der Waals surface area contributed by atoms with Gasteiger partial charge in [0.05, 0.1) is 17.3 Å². The van der Waals surface area contributed by atoms with Gasteiger partial charge >= 0.3 is 6.36 Å². The summed E-state index contributed by atoms with van der Waals surface area (Å²) in [7, 11) is 0. The van der Waals surface area contributed by atoms with Gasteiger partial charge in [0.2, 0.25) is 5.91 Å². The van der Waals surface area contributed by atoms with Crippen molar-refractivity contribution in [3.8, 4) is 5.75 Å². The van der Waals surface area contributed by atoms with E-state index >= 15 is 0 Å². The SMILES string of the molecule is CC(C)C(=O)NCCc1ncccc1C(=O)NC(C)c1cc(Cl)cc(OC(F)(F)F)c1. The predicted octanol–water partition coefficient (Wildman–Crippen LogP) is 4.44. The van der Waals surface area contributed by atoms with Crippen molar-refractivity contribution in [1.29, 1.82) is 0 Å². The van der Waals surface area contributed by atoms with Crippen LogP contribution >= 0.6 is 11.6 Å². The Morgan fingerprint density at radius 2 is 1.90 bits per heavy atom. The number of amides is 2. The Bertz CT molecular complexity index is 936. The Morgan fingerprint density at radius 1 is 1.19 bits per heavy atom.